The van der Waals surface area contributed by atoms with Crippen LogP contribution in [-0.2, 0) is 30.3 Å². The molecular weight excluding hydrogens is 811 g/mol. The zero-order valence-corrected chi connectivity index (χ0v) is 34.2. The van der Waals surface area contributed by atoms with Crippen molar-refractivity contribution < 1.29 is 38.8 Å². The molecule has 0 aliphatic rings. The Morgan fingerprint density at radius 2 is 1.51 bits per heavy atom. The molecule has 1 N–H and O–H groups in total. The fraction of sp³-hybridized carbons (Fsp3) is 0.378. The summed E-state index contributed by atoms with van der Waals surface area (Å²) in [5, 5.41) is 14.5. The molecule has 0 saturated carbocycles. The van der Waals surface area contributed by atoms with E-state index in [-0.39, 0.29) is 47.9 Å². The number of fused-ring (bicyclic) bond motifs is 3. The van der Waals surface area contributed by atoms with Gasteiger partial charge in [0.2, 0.25) is 0 Å². The molecule has 3 aromatic heterocycles. The largest absolute Gasteiger partial charge is 0.512 e. The third kappa shape index (κ3) is 7.93. The van der Waals surface area contributed by atoms with E-state index in [1.54, 1.807) is 6.26 Å². The number of allylic oxidation sites excluding steroid dienone is 2. The third-order valence-corrected chi connectivity index (χ3v) is 10.9. The van der Waals surface area contributed by atoms with Crippen LogP contribution in [0.1, 0.15) is 99.1 Å². The van der Waals surface area contributed by atoms with Crippen molar-refractivity contribution in [3.8, 4) is 22.6 Å². The van der Waals surface area contributed by atoms with E-state index in [1.165, 1.54) is 17.0 Å². The van der Waals surface area contributed by atoms with Gasteiger partial charge >= 0.3 is 0 Å². The maximum absolute atomic E-state index is 12.2. The second-order valence-corrected chi connectivity index (χ2v) is 15.1. The molecule has 3 heterocycles. The summed E-state index contributed by atoms with van der Waals surface area (Å²) in [6, 6.07) is 24.4. The average molecular weight is 863 g/mol. The van der Waals surface area contributed by atoms with Crippen molar-refractivity contribution >= 4 is 38.5 Å². The molecule has 0 saturated heterocycles. The number of aliphatic hydroxyl groups is 1. The van der Waals surface area contributed by atoms with Crippen molar-refractivity contribution in [3.05, 3.63) is 102 Å². The number of benzene rings is 3. The smallest absolute Gasteiger partial charge is 0.164 e. The van der Waals surface area contributed by atoms with Crippen LogP contribution in [0.25, 0.3) is 55.3 Å². The molecule has 5 nitrogen and oxygen atoms in total. The number of hydrogen-bond donors (Lipinski definition) is 1. The fourth-order valence-electron chi connectivity index (χ4n) is 6.42. The van der Waals surface area contributed by atoms with E-state index in [1.807, 2.05) is 65.9 Å². The van der Waals surface area contributed by atoms with E-state index in [9.17, 15) is 9.90 Å². The molecule has 51 heavy (non-hydrogen) atoms. The summed E-state index contributed by atoms with van der Waals surface area (Å²) in [5.41, 5.74) is 6.34. The summed E-state index contributed by atoms with van der Waals surface area (Å²) in [6.07, 6.45) is 8.36. The number of rotatable bonds is 9. The van der Waals surface area contributed by atoms with Gasteiger partial charge in [0.05, 0.1) is 6.26 Å². The Kier molecular flexibility index (Phi) is 12.3. The van der Waals surface area contributed by atoms with Crippen LogP contribution in [-0.4, -0.2) is 15.9 Å². The molecule has 271 valence electrons. The Bertz CT molecular complexity index is 2170. The van der Waals surface area contributed by atoms with Gasteiger partial charge < -0.3 is 13.9 Å². The molecule has 3 aromatic carbocycles. The summed E-state index contributed by atoms with van der Waals surface area (Å²) >= 11 is 0. The van der Waals surface area contributed by atoms with Gasteiger partial charge in [-0.25, -0.2) is 0 Å². The van der Waals surface area contributed by atoms with Crippen LogP contribution in [0.15, 0.2) is 93.8 Å². The van der Waals surface area contributed by atoms with E-state index in [0.29, 0.717) is 0 Å². The number of aromatic nitrogens is 1. The third-order valence-electron chi connectivity index (χ3n) is 10.9. The second-order valence-electron chi connectivity index (χ2n) is 15.1. The van der Waals surface area contributed by atoms with Crippen molar-refractivity contribution in [2.45, 2.75) is 100 Å². The quantitative estimate of drug-likeness (QED) is 0.0890. The summed E-state index contributed by atoms with van der Waals surface area (Å²) in [6.45, 7) is 20.9. The number of ketones is 1. The Balaban J connectivity index is 0.000000279. The van der Waals surface area contributed by atoms with Gasteiger partial charge in [0.15, 0.2) is 5.78 Å². The topological polar surface area (TPSA) is 76.5 Å². The monoisotopic (exact) mass is 863 g/mol. The van der Waals surface area contributed by atoms with Crippen molar-refractivity contribution in [3.63, 3.8) is 0 Å². The summed E-state index contributed by atoms with van der Waals surface area (Å²) < 4.78 is 12.0. The molecule has 0 bridgehead atoms. The predicted octanol–water partition coefficient (Wildman–Crippen LogP) is 13.1. The standard InChI is InChI=1S/C30H24NO2.C15H28O2.Ir/c1-18-17-32-26-11-7-10-22(28(18)26)27-16-23-25(33-27)12-13-31-29(23)20-14-19-8-5-6-9-21(19)24(15-20)30(2,3)4;1-7-14(5,8-2)12(16)11-13(17)15(6,9-3)10-4;/h5-13,15-17H,1-4H3;11,16H,7-10H2,1-6H3;/q-1;;/b;12-11-;. The van der Waals surface area contributed by atoms with Crippen molar-refractivity contribution in [2.75, 3.05) is 0 Å². The molecule has 0 atom stereocenters. The fourth-order valence-corrected chi connectivity index (χ4v) is 6.42. The first-order valence-electron chi connectivity index (χ1n) is 18.0. The van der Waals surface area contributed by atoms with E-state index < -0.39 is 0 Å². The van der Waals surface area contributed by atoms with Gasteiger partial charge in [0.25, 0.3) is 0 Å². The van der Waals surface area contributed by atoms with Gasteiger partial charge in [-0.15, -0.1) is 29.1 Å². The van der Waals surface area contributed by atoms with Crippen LogP contribution >= 0.6 is 0 Å². The normalized spacial score (nSPS) is 12.5. The van der Waals surface area contributed by atoms with Gasteiger partial charge in [-0.1, -0.05) is 104 Å². The molecular formula is C45H52IrNO4-. The van der Waals surface area contributed by atoms with Crippen LogP contribution in [0.5, 0.6) is 0 Å². The average Bonchev–Trinajstić information content (AvgIpc) is 3.73. The Labute approximate surface area is 316 Å². The Morgan fingerprint density at radius 1 is 0.843 bits per heavy atom. The predicted molar refractivity (Wildman–Crippen MR) is 208 cm³/mol. The van der Waals surface area contributed by atoms with Crippen molar-refractivity contribution in [1.29, 1.82) is 0 Å². The molecule has 0 fully saturated rings. The number of aryl methyl sites for hydroxylation is 1. The second kappa shape index (κ2) is 15.7. The van der Waals surface area contributed by atoms with Crippen molar-refractivity contribution in [2.24, 2.45) is 10.8 Å². The molecule has 6 aromatic rings. The van der Waals surface area contributed by atoms with Crippen molar-refractivity contribution in [1.82, 2.24) is 4.98 Å². The number of carbonyl (C=O) groups is 1. The summed E-state index contributed by atoms with van der Waals surface area (Å²) in [5.74, 6) is 1.10. The maximum atomic E-state index is 12.2. The first-order chi connectivity index (χ1) is 23.7. The first-order valence-corrected chi connectivity index (χ1v) is 18.0. The zero-order valence-electron chi connectivity index (χ0n) is 31.8. The van der Waals surface area contributed by atoms with Gasteiger partial charge in [-0.05, 0) is 61.8 Å². The molecule has 0 unspecified atom stereocenters. The molecule has 1 radical (unpaired) electrons. The number of carbonyl (C=O) groups excluding carboxylic acids is 1. The molecule has 0 spiro atoms. The number of hydrogen-bond acceptors (Lipinski definition) is 5. The van der Waals surface area contributed by atoms with E-state index in [0.717, 1.165) is 81.2 Å². The molecule has 0 aliphatic heterocycles. The van der Waals surface area contributed by atoms with Crippen LogP contribution < -0.4 is 0 Å². The van der Waals surface area contributed by atoms with Gasteiger partial charge in [-0.3, -0.25) is 9.78 Å². The van der Waals surface area contributed by atoms with Crippen LogP contribution in [0.4, 0.5) is 0 Å². The first kappa shape index (κ1) is 39.8. The number of pyridine rings is 1. The zero-order chi connectivity index (χ0) is 36.4. The SMILES string of the molecule is CCC(C)(CC)C(=O)/C=C(\O)C(C)(CC)CC.Cc1coc2cccc(-c3cc4c(-c5[c-]c6ccccc6c(C(C)(C)C)c5)nccc4o3)c12.[Ir]. The van der Waals surface area contributed by atoms with Crippen LogP contribution in [0.2, 0.25) is 0 Å². The van der Waals surface area contributed by atoms with Gasteiger partial charge in [0, 0.05) is 65.2 Å². The number of furan rings is 2. The number of aliphatic hydroxyl groups excluding tert-OH is 1. The Hall–Kier alpha value is -3.99. The summed E-state index contributed by atoms with van der Waals surface area (Å²) in [4.78, 5) is 17.0. The van der Waals surface area contributed by atoms with Crippen LogP contribution in [0.3, 0.4) is 0 Å². The minimum atomic E-state index is -0.337. The van der Waals surface area contributed by atoms with E-state index in [4.69, 9.17) is 13.8 Å². The molecule has 0 amide bonds. The maximum Gasteiger partial charge on any atom is 0.164 e. The molecule has 0 aliphatic carbocycles. The summed E-state index contributed by atoms with van der Waals surface area (Å²) in [7, 11) is 0. The van der Waals surface area contributed by atoms with Crippen LogP contribution in [0, 0.1) is 23.8 Å². The van der Waals surface area contributed by atoms with Gasteiger partial charge in [0.1, 0.15) is 22.7 Å². The van der Waals surface area contributed by atoms with E-state index in [2.05, 4.69) is 76.2 Å². The van der Waals surface area contributed by atoms with Gasteiger partial charge in [-0.2, -0.15) is 0 Å². The Morgan fingerprint density at radius 3 is 2.16 bits per heavy atom. The molecule has 6 heteroatoms. The minimum absolute atomic E-state index is 0. The minimum Gasteiger partial charge on any atom is -0.512 e. The molecule has 6 rings (SSSR count). The number of nitrogens with zero attached hydrogens (tertiary/aromatic N) is 1. The van der Waals surface area contributed by atoms with E-state index >= 15 is 0 Å².